The number of methoxy groups -OCH3 is 4. The van der Waals surface area contributed by atoms with Crippen molar-refractivity contribution in [3.63, 3.8) is 0 Å². The van der Waals surface area contributed by atoms with E-state index < -0.39 is 0 Å². The number of allylic oxidation sites excluding steroid dienone is 2. The van der Waals surface area contributed by atoms with Gasteiger partial charge in [0.1, 0.15) is 23.0 Å². The smallest absolute Gasteiger partial charge is 0.135 e. The molecule has 0 amide bonds. The molecule has 0 aliphatic heterocycles. The Labute approximate surface area is 255 Å². The molecule has 4 nitrogen and oxygen atoms in total. The number of hydrogen-bond acceptors (Lipinski definition) is 5. The van der Waals surface area contributed by atoms with Gasteiger partial charge in [-0.15, -0.1) is 0 Å². The van der Waals surface area contributed by atoms with Crippen LogP contribution in [0.25, 0.3) is 10.8 Å². The van der Waals surface area contributed by atoms with Gasteiger partial charge >= 0.3 is 0 Å². The number of fused-ring (bicyclic) bond motifs is 1. The quantitative estimate of drug-likeness (QED) is 0.0956. The molecule has 0 aliphatic carbocycles. The van der Waals surface area contributed by atoms with Crippen LogP contribution in [-0.4, -0.2) is 34.2 Å². The molecule has 2 rings (SSSR count). The van der Waals surface area contributed by atoms with E-state index in [2.05, 4.69) is 32.9 Å². The van der Waals surface area contributed by atoms with Gasteiger partial charge in [-0.1, -0.05) is 102 Å². The van der Waals surface area contributed by atoms with Crippen LogP contribution in [0.5, 0.6) is 23.0 Å². The SMILES string of the molecule is CCCCCCCCCCCCCCCCSC(CC=C(C)C)c1cc(OC)c2c(OC)ccc(OC)c2c1OC. The highest BCUT2D eigenvalue weighted by molar-refractivity contribution is 7.99. The lowest BCUT2D eigenvalue weighted by Gasteiger charge is -2.23. The van der Waals surface area contributed by atoms with Crippen molar-refractivity contribution in [1.82, 2.24) is 0 Å². The average Bonchev–Trinajstić information content (AvgIpc) is 2.98. The van der Waals surface area contributed by atoms with Crippen LogP contribution >= 0.6 is 11.8 Å². The van der Waals surface area contributed by atoms with Gasteiger partial charge in [0.2, 0.25) is 0 Å². The number of benzene rings is 2. The molecule has 1 atom stereocenters. The minimum absolute atomic E-state index is 0.260. The summed E-state index contributed by atoms with van der Waals surface area (Å²) in [5, 5.41) is 2.05. The fourth-order valence-corrected chi connectivity index (χ4v) is 6.81. The number of thioether (sulfide) groups is 1. The van der Waals surface area contributed by atoms with Gasteiger partial charge in [-0.05, 0) is 50.6 Å². The molecule has 0 aliphatic rings. The lowest BCUT2D eigenvalue weighted by Crippen LogP contribution is -2.03. The Bertz CT molecular complexity index is 1030. The molecule has 1 unspecified atom stereocenters. The summed E-state index contributed by atoms with van der Waals surface area (Å²) in [7, 11) is 6.85. The van der Waals surface area contributed by atoms with E-state index in [0.717, 1.165) is 51.5 Å². The summed E-state index contributed by atoms with van der Waals surface area (Å²) in [6.07, 6.45) is 22.7. The van der Waals surface area contributed by atoms with Crippen LogP contribution in [0.2, 0.25) is 0 Å². The number of rotatable bonds is 23. The Balaban J connectivity index is 1.97. The standard InChI is InChI=1S/C36H58O4S/c1-8-9-10-11-12-13-14-15-16-17-18-19-20-21-26-41-33(25-22-28(2)3)29-27-32(39-6)34-30(37-4)23-24-31(38-5)35(34)36(29)40-7/h22-24,27,33H,8-21,25-26H2,1-7H3. The maximum Gasteiger partial charge on any atom is 0.135 e. The summed E-state index contributed by atoms with van der Waals surface area (Å²) in [4.78, 5) is 0. The average molecular weight is 587 g/mol. The Hall–Kier alpha value is -2.01. The topological polar surface area (TPSA) is 36.9 Å². The first-order valence-corrected chi connectivity index (χ1v) is 17.1. The van der Waals surface area contributed by atoms with E-state index in [1.807, 2.05) is 23.9 Å². The minimum Gasteiger partial charge on any atom is -0.496 e. The molecular weight excluding hydrogens is 528 g/mol. The van der Waals surface area contributed by atoms with E-state index in [0.29, 0.717) is 0 Å². The molecule has 0 bridgehead atoms. The Morgan fingerprint density at radius 1 is 0.659 bits per heavy atom. The van der Waals surface area contributed by atoms with Gasteiger partial charge in [-0.25, -0.2) is 0 Å². The normalized spacial score (nSPS) is 11.9. The van der Waals surface area contributed by atoms with Gasteiger partial charge < -0.3 is 18.9 Å². The van der Waals surface area contributed by atoms with E-state index in [1.54, 1.807) is 28.4 Å². The summed E-state index contributed by atoms with van der Waals surface area (Å²) in [5.41, 5.74) is 2.48. The summed E-state index contributed by atoms with van der Waals surface area (Å²) in [5.74, 6) is 4.27. The first-order valence-electron chi connectivity index (χ1n) is 16.1. The van der Waals surface area contributed by atoms with Crippen molar-refractivity contribution in [1.29, 1.82) is 0 Å². The Morgan fingerprint density at radius 2 is 1.15 bits per heavy atom. The van der Waals surface area contributed by atoms with Crippen molar-refractivity contribution < 1.29 is 18.9 Å². The highest BCUT2D eigenvalue weighted by atomic mass is 32.2. The summed E-state index contributed by atoms with van der Waals surface area (Å²) >= 11 is 2.03. The number of ether oxygens (including phenoxy) is 4. The highest BCUT2D eigenvalue weighted by Gasteiger charge is 2.25. The minimum atomic E-state index is 0.260. The third-order valence-electron chi connectivity index (χ3n) is 7.92. The first kappa shape index (κ1) is 35.2. The van der Waals surface area contributed by atoms with Crippen molar-refractivity contribution in [2.24, 2.45) is 0 Å². The molecule has 0 fully saturated rings. The van der Waals surface area contributed by atoms with Crippen LogP contribution in [0, 0.1) is 0 Å². The molecule has 2 aromatic rings. The van der Waals surface area contributed by atoms with Crippen molar-refractivity contribution >= 4 is 22.5 Å². The molecule has 41 heavy (non-hydrogen) atoms. The van der Waals surface area contributed by atoms with E-state index in [9.17, 15) is 0 Å². The monoisotopic (exact) mass is 586 g/mol. The van der Waals surface area contributed by atoms with E-state index >= 15 is 0 Å². The third-order valence-corrected chi connectivity index (χ3v) is 9.29. The molecule has 0 radical (unpaired) electrons. The zero-order valence-corrected chi connectivity index (χ0v) is 28.1. The third kappa shape index (κ3) is 11.7. The van der Waals surface area contributed by atoms with Crippen molar-refractivity contribution in [2.75, 3.05) is 34.2 Å². The van der Waals surface area contributed by atoms with Gasteiger partial charge in [0.15, 0.2) is 0 Å². The number of hydrogen-bond donors (Lipinski definition) is 0. The zero-order chi connectivity index (χ0) is 29.9. The van der Waals surface area contributed by atoms with Crippen molar-refractivity contribution in [2.45, 2.75) is 122 Å². The lowest BCUT2D eigenvalue weighted by atomic mass is 9.98. The Morgan fingerprint density at radius 3 is 1.61 bits per heavy atom. The maximum atomic E-state index is 6.09. The van der Waals surface area contributed by atoms with Crippen LogP contribution < -0.4 is 18.9 Å². The molecular formula is C36H58O4S. The molecule has 0 saturated heterocycles. The first-order chi connectivity index (χ1) is 20.0. The molecule has 0 aromatic heterocycles. The highest BCUT2D eigenvalue weighted by Crippen LogP contribution is 2.50. The molecule has 0 spiro atoms. The molecule has 5 heteroatoms. The van der Waals surface area contributed by atoms with Gasteiger partial charge in [0, 0.05) is 10.8 Å². The summed E-state index contributed by atoms with van der Waals surface area (Å²) in [6.45, 7) is 6.63. The van der Waals surface area contributed by atoms with Gasteiger partial charge in [-0.2, -0.15) is 11.8 Å². The van der Waals surface area contributed by atoms with Gasteiger partial charge in [0.05, 0.1) is 39.2 Å². The predicted octanol–water partition coefficient (Wildman–Crippen LogP) is 11.5. The zero-order valence-electron chi connectivity index (χ0n) is 27.2. The van der Waals surface area contributed by atoms with Crippen LogP contribution in [0.15, 0.2) is 29.8 Å². The maximum absolute atomic E-state index is 6.09. The number of unbranched alkanes of at least 4 members (excludes halogenated alkanes) is 13. The van der Waals surface area contributed by atoms with E-state index in [-0.39, 0.29) is 5.25 Å². The van der Waals surface area contributed by atoms with E-state index in [4.69, 9.17) is 18.9 Å². The van der Waals surface area contributed by atoms with Crippen molar-refractivity contribution in [3.05, 3.63) is 35.4 Å². The van der Waals surface area contributed by atoms with Crippen LogP contribution in [0.4, 0.5) is 0 Å². The second kappa shape index (κ2) is 20.8. The fraction of sp³-hybridized carbons (Fsp3) is 0.667. The summed E-state index contributed by atoms with van der Waals surface area (Å²) in [6, 6.07) is 6.01. The fourth-order valence-electron chi connectivity index (χ4n) is 5.57. The molecule has 0 heterocycles. The Kier molecular flexibility index (Phi) is 17.9. The molecule has 2 aromatic carbocycles. The van der Waals surface area contributed by atoms with Crippen molar-refractivity contribution in [3.8, 4) is 23.0 Å². The van der Waals surface area contributed by atoms with Gasteiger partial charge in [0.25, 0.3) is 0 Å². The molecule has 0 saturated carbocycles. The largest absolute Gasteiger partial charge is 0.496 e. The van der Waals surface area contributed by atoms with Crippen LogP contribution in [-0.2, 0) is 0 Å². The lowest BCUT2D eigenvalue weighted by molar-refractivity contribution is 0.389. The molecule has 0 N–H and O–H groups in total. The van der Waals surface area contributed by atoms with E-state index in [1.165, 1.54) is 95.5 Å². The molecule has 232 valence electrons. The predicted molar refractivity (Wildman–Crippen MR) is 180 cm³/mol. The second-order valence-corrected chi connectivity index (χ2v) is 12.7. The summed E-state index contributed by atoms with van der Waals surface area (Å²) < 4.78 is 23.5. The van der Waals surface area contributed by atoms with Gasteiger partial charge in [-0.3, -0.25) is 0 Å². The van der Waals surface area contributed by atoms with Crippen LogP contribution in [0.3, 0.4) is 0 Å². The van der Waals surface area contributed by atoms with Crippen LogP contribution in [0.1, 0.15) is 128 Å². The second-order valence-electron chi connectivity index (χ2n) is 11.4.